The zero-order chi connectivity index (χ0) is 15.6. The summed E-state index contributed by atoms with van der Waals surface area (Å²) in [5.74, 6) is 0.0660. The van der Waals surface area contributed by atoms with Crippen LogP contribution in [0.4, 0.5) is 5.13 Å². The van der Waals surface area contributed by atoms with Crippen LogP contribution in [0.25, 0.3) is 0 Å². The fourth-order valence-electron chi connectivity index (χ4n) is 1.95. The molecule has 0 saturated heterocycles. The molecule has 0 bridgehead atoms. The van der Waals surface area contributed by atoms with Crippen LogP contribution in [-0.4, -0.2) is 41.0 Å². The van der Waals surface area contributed by atoms with E-state index in [1.807, 2.05) is 35.2 Å². The highest BCUT2D eigenvalue weighted by molar-refractivity contribution is 7.13. The van der Waals surface area contributed by atoms with Gasteiger partial charge in [0.2, 0.25) is 5.13 Å². The largest absolute Gasteiger partial charge is 0.494 e. The first-order valence-corrected chi connectivity index (χ1v) is 8.04. The average molecular weight is 321 g/mol. The number of rotatable bonds is 10. The van der Waals surface area contributed by atoms with Crippen molar-refractivity contribution in [3.05, 3.63) is 35.8 Å². The summed E-state index contributed by atoms with van der Waals surface area (Å²) in [6.45, 7) is 1.84. The van der Waals surface area contributed by atoms with Crippen LogP contribution in [-0.2, 0) is 4.79 Å². The SMILES string of the molecule is O=C(O)CCN(CCCCOc1ccccc1)c1nncs1. The second kappa shape index (κ2) is 8.99. The molecular formula is C15H19N3O3S. The van der Waals surface area contributed by atoms with Gasteiger partial charge in [-0.05, 0) is 25.0 Å². The molecule has 0 radical (unpaired) electrons. The van der Waals surface area contributed by atoms with Crippen molar-refractivity contribution in [2.75, 3.05) is 24.6 Å². The molecule has 6 nitrogen and oxygen atoms in total. The zero-order valence-corrected chi connectivity index (χ0v) is 13.0. The minimum absolute atomic E-state index is 0.0973. The van der Waals surface area contributed by atoms with Crippen molar-refractivity contribution in [2.24, 2.45) is 0 Å². The summed E-state index contributed by atoms with van der Waals surface area (Å²) in [5.41, 5.74) is 1.65. The Morgan fingerprint density at radius 3 is 2.73 bits per heavy atom. The number of hydrogen-bond donors (Lipinski definition) is 1. The fourth-order valence-corrected chi connectivity index (χ4v) is 2.56. The summed E-state index contributed by atoms with van der Waals surface area (Å²) in [5, 5.41) is 17.4. The monoisotopic (exact) mass is 321 g/mol. The topological polar surface area (TPSA) is 75.5 Å². The van der Waals surface area contributed by atoms with Crippen LogP contribution in [0.3, 0.4) is 0 Å². The molecule has 0 aliphatic rings. The Balaban J connectivity index is 1.70. The molecular weight excluding hydrogens is 302 g/mol. The maximum absolute atomic E-state index is 10.7. The molecule has 1 heterocycles. The molecule has 7 heteroatoms. The Morgan fingerprint density at radius 2 is 2.05 bits per heavy atom. The van der Waals surface area contributed by atoms with Crippen LogP contribution >= 0.6 is 11.3 Å². The van der Waals surface area contributed by atoms with Crippen LogP contribution < -0.4 is 9.64 Å². The zero-order valence-electron chi connectivity index (χ0n) is 12.2. The van der Waals surface area contributed by atoms with Crippen LogP contribution in [0.1, 0.15) is 19.3 Å². The second-order valence-corrected chi connectivity index (χ2v) is 5.53. The molecule has 1 aromatic heterocycles. The van der Waals surface area contributed by atoms with E-state index in [0.717, 1.165) is 30.3 Å². The van der Waals surface area contributed by atoms with E-state index in [-0.39, 0.29) is 6.42 Å². The molecule has 0 aliphatic heterocycles. The maximum Gasteiger partial charge on any atom is 0.305 e. The summed E-state index contributed by atoms with van der Waals surface area (Å²) in [6.07, 6.45) is 1.91. The lowest BCUT2D eigenvalue weighted by molar-refractivity contribution is -0.136. The lowest BCUT2D eigenvalue weighted by atomic mass is 10.3. The number of nitrogens with zero attached hydrogens (tertiary/aromatic N) is 3. The fraction of sp³-hybridized carbons (Fsp3) is 0.400. The molecule has 0 saturated carbocycles. The standard InChI is InChI=1S/C15H19N3O3S/c19-14(20)8-10-18(15-17-16-12-22-15)9-4-5-11-21-13-6-2-1-3-7-13/h1-3,6-7,12H,4-5,8-11H2,(H,19,20). The van der Waals surface area contributed by atoms with Crippen LogP contribution in [0.5, 0.6) is 5.75 Å². The van der Waals surface area contributed by atoms with Gasteiger partial charge in [-0.3, -0.25) is 4.79 Å². The molecule has 1 N–H and O–H groups in total. The van der Waals surface area contributed by atoms with Crippen molar-refractivity contribution in [3.63, 3.8) is 0 Å². The van der Waals surface area contributed by atoms with Crippen molar-refractivity contribution in [1.82, 2.24) is 10.2 Å². The third-order valence-corrected chi connectivity index (χ3v) is 3.80. The number of ether oxygens (including phenoxy) is 1. The van der Waals surface area contributed by atoms with Crippen LogP contribution in [0.2, 0.25) is 0 Å². The van der Waals surface area contributed by atoms with Gasteiger partial charge in [0.1, 0.15) is 11.3 Å². The Morgan fingerprint density at radius 1 is 1.23 bits per heavy atom. The number of carboxylic acid groups (broad SMARTS) is 1. The van der Waals surface area contributed by atoms with E-state index < -0.39 is 5.97 Å². The van der Waals surface area contributed by atoms with Gasteiger partial charge in [0.05, 0.1) is 13.0 Å². The maximum atomic E-state index is 10.7. The predicted octanol–water partition coefficient (Wildman–Crippen LogP) is 2.68. The van der Waals surface area contributed by atoms with Crippen molar-refractivity contribution < 1.29 is 14.6 Å². The Bertz CT molecular complexity index is 548. The third kappa shape index (κ3) is 5.69. The lowest BCUT2D eigenvalue weighted by Gasteiger charge is -2.20. The summed E-state index contributed by atoms with van der Waals surface area (Å²) >= 11 is 1.42. The molecule has 0 aliphatic carbocycles. The highest BCUT2D eigenvalue weighted by Crippen LogP contribution is 2.17. The van der Waals surface area contributed by atoms with Gasteiger partial charge in [0, 0.05) is 13.1 Å². The number of para-hydroxylation sites is 1. The van der Waals surface area contributed by atoms with Crippen LogP contribution in [0.15, 0.2) is 35.8 Å². The van der Waals surface area contributed by atoms with Gasteiger partial charge >= 0.3 is 5.97 Å². The summed E-state index contributed by atoms with van der Waals surface area (Å²) < 4.78 is 5.64. The lowest BCUT2D eigenvalue weighted by Crippen LogP contribution is -2.27. The quantitative estimate of drug-likeness (QED) is 0.678. The van der Waals surface area contributed by atoms with E-state index in [9.17, 15) is 4.79 Å². The Kier molecular flexibility index (Phi) is 6.63. The molecule has 2 rings (SSSR count). The van der Waals surface area contributed by atoms with Gasteiger partial charge in [0.25, 0.3) is 0 Å². The van der Waals surface area contributed by atoms with Gasteiger partial charge in [-0.2, -0.15) is 0 Å². The predicted molar refractivity (Wildman–Crippen MR) is 85.5 cm³/mol. The van der Waals surface area contributed by atoms with Crippen molar-refractivity contribution in [1.29, 1.82) is 0 Å². The second-order valence-electron chi connectivity index (χ2n) is 4.72. The molecule has 0 fully saturated rings. The van der Waals surface area contributed by atoms with E-state index in [0.29, 0.717) is 13.2 Å². The van der Waals surface area contributed by atoms with E-state index >= 15 is 0 Å². The number of carbonyl (C=O) groups is 1. The summed E-state index contributed by atoms with van der Waals surface area (Å²) in [4.78, 5) is 12.7. The van der Waals surface area contributed by atoms with Gasteiger partial charge in [-0.15, -0.1) is 10.2 Å². The minimum Gasteiger partial charge on any atom is -0.494 e. The molecule has 2 aromatic rings. The smallest absolute Gasteiger partial charge is 0.305 e. The number of anilines is 1. The van der Waals surface area contributed by atoms with E-state index in [1.165, 1.54) is 11.3 Å². The van der Waals surface area contributed by atoms with Crippen molar-refractivity contribution in [3.8, 4) is 5.75 Å². The van der Waals surface area contributed by atoms with E-state index in [2.05, 4.69) is 10.2 Å². The van der Waals surface area contributed by atoms with Crippen molar-refractivity contribution >= 4 is 22.4 Å². The van der Waals surface area contributed by atoms with E-state index in [1.54, 1.807) is 5.51 Å². The minimum atomic E-state index is -0.804. The molecule has 0 amide bonds. The molecule has 22 heavy (non-hydrogen) atoms. The Labute approximate surface area is 133 Å². The first-order valence-electron chi connectivity index (χ1n) is 7.16. The molecule has 118 valence electrons. The molecule has 0 atom stereocenters. The first kappa shape index (κ1) is 16.2. The summed E-state index contributed by atoms with van der Waals surface area (Å²) in [6, 6.07) is 9.70. The van der Waals surface area contributed by atoms with Gasteiger partial charge < -0.3 is 14.7 Å². The number of hydrogen-bond acceptors (Lipinski definition) is 6. The van der Waals surface area contributed by atoms with Gasteiger partial charge in [0.15, 0.2) is 0 Å². The molecule has 0 spiro atoms. The average Bonchev–Trinajstić information content (AvgIpc) is 3.05. The summed E-state index contributed by atoms with van der Waals surface area (Å²) in [7, 11) is 0. The Hall–Kier alpha value is -2.15. The highest BCUT2D eigenvalue weighted by atomic mass is 32.1. The first-order chi connectivity index (χ1) is 10.8. The molecule has 0 unspecified atom stereocenters. The normalized spacial score (nSPS) is 10.4. The third-order valence-electron chi connectivity index (χ3n) is 3.05. The number of aromatic nitrogens is 2. The number of unbranched alkanes of at least 4 members (excludes halogenated alkanes) is 1. The van der Waals surface area contributed by atoms with Crippen molar-refractivity contribution in [2.45, 2.75) is 19.3 Å². The number of aliphatic carboxylic acids is 1. The molecule has 1 aromatic carbocycles. The highest BCUT2D eigenvalue weighted by Gasteiger charge is 2.11. The van der Waals surface area contributed by atoms with E-state index in [4.69, 9.17) is 9.84 Å². The van der Waals surface area contributed by atoms with Crippen LogP contribution in [0, 0.1) is 0 Å². The van der Waals surface area contributed by atoms with Gasteiger partial charge in [-0.25, -0.2) is 0 Å². The van der Waals surface area contributed by atoms with Gasteiger partial charge in [-0.1, -0.05) is 29.5 Å². The number of benzene rings is 1. The number of carboxylic acids is 1.